The van der Waals surface area contributed by atoms with Crippen molar-refractivity contribution in [2.45, 2.75) is 97.4 Å². The second-order valence-electron chi connectivity index (χ2n) is 7.39. The van der Waals surface area contributed by atoms with Crippen molar-refractivity contribution in [2.24, 2.45) is 13.0 Å². The maximum atomic E-state index is 2.33. The zero-order chi connectivity index (χ0) is 16.0. The molecule has 128 valence electrons. The van der Waals surface area contributed by atoms with Gasteiger partial charge in [-0.25, -0.2) is 9.13 Å². The van der Waals surface area contributed by atoms with E-state index in [9.17, 15) is 0 Å². The third-order valence-corrected chi connectivity index (χ3v) is 4.52. The summed E-state index contributed by atoms with van der Waals surface area (Å²) in [6.07, 6.45) is 23.6. The Balaban J connectivity index is 1.75. The molecule has 1 aromatic rings. The second kappa shape index (κ2) is 12.7. The SMILES string of the molecule is CC(C)CCCCCCCCCCCCCn1cc[n+](C)c1. The van der Waals surface area contributed by atoms with Crippen LogP contribution >= 0.6 is 0 Å². The van der Waals surface area contributed by atoms with E-state index in [1.807, 2.05) is 0 Å². The fraction of sp³-hybridized carbons (Fsp3) is 0.850. The molecule has 2 heteroatoms. The predicted molar refractivity (Wildman–Crippen MR) is 95.9 cm³/mol. The van der Waals surface area contributed by atoms with Crippen LogP contribution in [0.15, 0.2) is 18.7 Å². The minimum absolute atomic E-state index is 0.889. The van der Waals surface area contributed by atoms with Crippen molar-refractivity contribution in [2.75, 3.05) is 0 Å². The third-order valence-electron chi connectivity index (χ3n) is 4.52. The molecule has 22 heavy (non-hydrogen) atoms. The zero-order valence-corrected chi connectivity index (χ0v) is 15.4. The minimum Gasteiger partial charge on any atom is -0.240 e. The molecule has 0 aliphatic rings. The van der Waals surface area contributed by atoms with Crippen molar-refractivity contribution in [3.05, 3.63) is 18.7 Å². The van der Waals surface area contributed by atoms with Gasteiger partial charge in [-0.05, 0) is 18.8 Å². The van der Waals surface area contributed by atoms with Crippen LogP contribution in [0, 0.1) is 5.92 Å². The van der Waals surface area contributed by atoms with Crippen LogP contribution in [0.2, 0.25) is 0 Å². The minimum atomic E-state index is 0.889. The van der Waals surface area contributed by atoms with Crippen LogP contribution in [-0.2, 0) is 13.6 Å². The van der Waals surface area contributed by atoms with E-state index in [0.29, 0.717) is 0 Å². The van der Waals surface area contributed by atoms with E-state index in [1.54, 1.807) is 0 Å². The Morgan fingerprint density at radius 2 is 1.27 bits per heavy atom. The first-order valence-electron chi connectivity index (χ1n) is 9.69. The van der Waals surface area contributed by atoms with Gasteiger partial charge < -0.3 is 0 Å². The van der Waals surface area contributed by atoms with Crippen LogP contribution in [0.25, 0.3) is 0 Å². The van der Waals surface area contributed by atoms with Crippen molar-refractivity contribution in [3.8, 4) is 0 Å². The molecule has 2 nitrogen and oxygen atoms in total. The number of unbranched alkanes of at least 4 members (excludes halogenated alkanes) is 10. The van der Waals surface area contributed by atoms with Crippen molar-refractivity contribution in [3.63, 3.8) is 0 Å². The van der Waals surface area contributed by atoms with E-state index in [0.717, 1.165) is 5.92 Å². The average molecular weight is 308 g/mol. The Kier molecular flexibility index (Phi) is 11.1. The van der Waals surface area contributed by atoms with Gasteiger partial charge in [0.25, 0.3) is 0 Å². The van der Waals surface area contributed by atoms with E-state index in [1.165, 1.54) is 83.6 Å². The lowest BCUT2D eigenvalue weighted by Gasteiger charge is -2.04. The Morgan fingerprint density at radius 1 is 0.773 bits per heavy atom. The molecule has 0 bridgehead atoms. The zero-order valence-electron chi connectivity index (χ0n) is 15.4. The summed E-state index contributed by atoms with van der Waals surface area (Å²) in [4.78, 5) is 0. The molecule has 0 saturated carbocycles. The fourth-order valence-electron chi connectivity index (χ4n) is 3.07. The molecule has 0 fully saturated rings. The Hall–Kier alpha value is -0.790. The van der Waals surface area contributed by atoms with Gasteiger partial charge in [0.05, 0.1) is 13.6 Å². The molecule has 0 spiro atoms. The van der Waals surface area contributed by atoms with Crippen LogP contribution in [0.3, 0.4) is 0 Å². The first-order valence-corrected chi connectivity index (χ1v) is 9.69. The van der Waals surface area contributed by atoms with E-state index in [2.05, 4.69) is 48.8 Å². The molecule has 0 amide bonds. The summed E-state index contributed by atoms with van der Waals surface area (Å²) in [5, 5.41) is 0. The Labute approximate surface area is 138 Å². The summed E-state index contributed by atoms with van der Waals surface area (Å²) in [7, 11) is 2.08. The number of rotatable bonds is 14. The molecular formula is C20H39N2+. The summed E-state index contributed by atoms with van der Waals surface area (Å²) < 4.78 is 4.40. The summed E-state index contributed by atoms with van der Waals surface area (Å²) in [6.45, 7) is 5.84. The molecule has 1 aromatic heterocycles. The lowest BCUT2D eigenvalue weighted by Crippen LogP contribution is -2.23. The monoisotopic (exact) mass is 307 g/mol. The lowest BCUT2D eigenvalue weighted by atomic mass is 10.0. The fourth-order valence-corrected chi connectivity index (χ4v) is 3.07. The summed E-state index contributed by atoms with van der Waals surface area (Å²) >= 11 is 0. The van der Waals surface area contributed by atoms with Gasteiger partial charge in [-0.3, -0.25) is 0 Å². The van der Waals surface area contributed by atoms with Crippen LogP contribution in [0.5, 0.6) is 0 Å². The molecule has 0 radical (unpaired) electrons. The average Bonchev–Trinajstić information content (AvgIpc) is 2.89. The van der Waals surface area contributed by atoms with Crippen LogP contribution in [-0.4, -0.2) is 4.57 Å². The molecule has 0 atom stereocenters. The highest BCUT2D eigenvalue weighted by molar-refractivity contribution is 4.65. The van der Waals surface area contributed by atoms with E-state index >= 15 is 0 Å². The van der Waals surface area contributed by atoms with Gasteiger partial charge in [-0.15, -0.1) is 0 Å². The first-order chi connectivity index (χ1) is 10.7. The van der Waals surface area contributed by atoms with Crippen molar-refractivity contribution < 1.29 is 4.57 Å². The molecule has 1 rings (SSSR count). The highest BCUT2D eigenvalue weighted by atomic mass is 15.1. The van der Waals surface area contributed by atoms with Crippen molar-refractivity contribution >= 4 is 0 Å². The summed E-state index contributed by atoms with van der Waals surface area (Å²) in [6, 6.07) is 0. The maximum Gasteiger partial charge on any atom is 0.243 e. The Bertz CT molecular complexity index is 354. The maximum absolute atomic E-state index is 2.33. The number of aryl methyl sites for hydroxylation is 2. The largest absolute Gasteiger partial charge is 0.243 e. The Morgan fingerprint density at radius 3 is 1.73 bits per heavy atom. The highest BCUT2D eigenvalue weighted by Crippen LogP contribution is 2.13. The number of aromatic nitrogens is 2. The van der Waals surface area contributed by atoms with Crippen molar-refractivity contribution in [1.29, 1.82) is 0 Å². The van der Waals surface area contributed by atoms with Gasteiger partial charge in [-0.2, -0.15) is 0 Å². The topological polar surface area (TPSA) is 8.81 Å². The number of nitrogens with zero attached hydrogens (tertiary/aromatic N) is 2. The normalized spacial score (nSPS) is 11.5. The standard InChI is InChI=1S/C20H39N2/c1-20(2)15-13-11-9-7-5-4-6-8-10-12-14-16-22-18-17-21(3)19-22/h17-20H,4-16H2,1-3H3/q+1. The number of hydrogen-bond donors (Lipinski definition) is 0. The number of imidazole rings is 1. The van der Waals surface area contributed by atoms with Crippen LogP contribution in [0.1, 0.15) is 90.9 Å². The summed E-state index contributed by atoms with van der Waals surface area (Å²) in [5.41, 5.74) is 0. The molecule has 0 unspecified atom stereocenters. The van der Waals surface area contributed by atoms with Gasteiger partial charge in [0.15, 0.2) is 0 Å². The van der Waals surface area contributed by atoms with Gasteiger partial charge >= 0.3 is 0 Å². The van der Waals surface area contributed by atoms with Crippen molar-refractivity contribution in [1.82, 2.24) is 4.57 Å². The molecule has 0 saturated heterocycles. The van der Waals surface area contributed by atoms with Gasteiger partial charge in [-0.1, -0.05) is 78.1 Å². The van der Waals surface area contributed by atoms with E-state index in [4.69, 9.17) is 0 Å². The molecule has 1 heterocycles. The van der Waals surface area contributed by atoms with Gasteiger partial charge in [0, 0.05) is 0 Å². The second-order valence-corrected chi connectivity index (χ2v) is 7.39. The van der Waals surface area contributed by atoms with Crippen LogP contribution in [0.4, 0.5) is 0 Å². The summed E-state index contributed by atoms with van der Waals surface area (Å²) in [5.74, 6) is 0.889. The smallest absolute Gasteiger partial charge is 0.240 e. The van der Waals surface area contributed by atoms with E-state index in [-0.39, 0.29) is 0 Å². The quantitative estimate of drug-likeness (QED) is 0.310. The first kappa shape index (κ1) is 19.3. The van der Waals surface area contributed by atoms with E-state index < -0.39 is 0 Å². The van der Waals surface area contributed by atoms with Crippen LogP contribution < -0.4 is 4.57 Å². The van der Waals surface area contributed by atoms with Gasteiger partial charge in [0.2, 0.25) is 6.33 Å². The third kappa shape index (κ3) is 10.9. The molecule has 0 N–H and O–H groups in total. The lowest BCUT2D eigenvalue weighted by molar-refractivity contribution is -0.671. The molecular weight excluding hydrogens is 268 g/mol. The molecule has 0 aliphatic heterocycles. The molecule has 0 aliphatic carbocycles. The number of hydrogen-bond acceptors (Lipinski definition) is 0. The van der Waals surface area contributed by atoms with Gasteiger partial charge in [0.1, 0.15) is 12.4 Å². The molecule has 0 aromatic carbocycles. The predicted octanol–water partition coefficient (Wildman–Crippen LogP) is 5.65. The highest BCUT2D eigenvalue weighted by Gasteiger charge is 1.99.